The number of hydrogen-bond donors (Lipinski definition) is 0. The van der Waals surface area contributed by atoms with Crippen LogP contribution in [0.15, 0.2) is 48.5 Å². The predicted molar refractivity (Wildman–Crippen MR) is 124 cm³/mol. The van der Waals surface area contributed by atoms with Crippen LogP contribution in [0.25, 0.3) is 0 Å². The van der Waals surface area contributed by atoms with E-state index < -0.39 is 0 Å². The molecule has 2 aromatic carbocycles. The third-order valence-corrected chi connectivity index (χ3v) is 7.11. The Hall–Kier alpha value is -2.04. The molecular formula is C26H38N2O2. The van der Waals surface area contributed by atoms with E-state index in [0.29, 0.717) is 12.0 Å². The summed E-state index contributed by atoms with van der Waals surface area (Å²) < 4.78 is 10.8. The highest BCUT2D eigenvalue weighted by atomic mass is 16.5. The zero-order chi connectivity index (χ0) is 21.7. The van der Waals surface area contributed by atoms with E-state index in [0.717, 1.165) is 31.1 Å². The molecule has 0 saturated carbocycles. The first-order chi connectivity index (χ1) is 14.4. The monoisotopic (exact) mass is 410 g/mol. The van der Waals surface area contributed by atoms with Crippen molar-refractivity contribution in [3.05, 3.63) is 59.7 Å². The lowest BCUT2D eigenvalue weighted by Crippen LogP contribution is -2.52. The Labute approximate surface area is 182 Å². The smallest absolute Gasteiger partial charge is 0.161 e. The van der Waals surface area contributed by atoms with Crippen LogP contribution < -0.4 is 9.47 Å². The van der Waals surface area contributed by atoms with Crippen molar-refractivity contribution >= 4 is 0 Å². The van der Waals surface area contributed by atoms with Crippen LogP contribution in [0.4, 0.5) is 0 Å². The van der Waals surface area contributed by atoms with Crippen molar-refractivity contribution in [3.63, 3.8) is 0 Å². The van der Waals surface area contributed by atoms with Gasteiger partial charge in [0, 0.05) is 24.5 Å². The lowest BCUT2D eigenvalue weighted by atomic mass is 9.63. The number of nitrogens with zero attached hydrogens (tertiary/aromatic N) is 2. The Morgan fingerprint density at radius 2 is 1.73 bits per heavy atom. The lowest BCUT2D eigenvalue weighted by Gasteiger charge is -2.50. The Morgan fingerprint density at radius 3 is 2.40 bits per heavy atom. The van der Waals surface area contributed by atoms with Gasteiger partial charge in [0.15, 0.2) is 11.5 Å². The van der Waals surface area contributed by atoms with Gasteiger partial charge >= 0.3 is 0 Å². The van der Waals surface area contributed by atoms with Crippen LogP contribution in [0.3, 0.4) is 0 Å². The molecule has 0 amide bonds. The molecule has 0 aromatic heterocycles. The first-order valence-corrected chi connectivity index (χ1v) is 11.0. The van der Waals surface area contributed by atoms with Gasteiger partial charge in [0.2, 0.25) is 0 Å². The number of likely N-dealkylation sites (tertiary alicyclic amines) is 1. The maximum atomic E-state index is 5.48. The van der Waals surface area contributed by atoms with Crippen molar-refractivity contribution in [2.75, 3.05) is 41.4 Å². The van der Waals surface area contributed by atoms with Crippen molar-refractivity contribution in [2.45, 2.75) is 44.7 Å². The zero-order valence-corrected chi connectivity index (χ0v) is 19.5. The van der Waals surface area contributed by atoms with E-state index in [1.807, 2.05) is 6.07 Å². The molecule has 4 heteroatoms. The summed E-state index contributed by atoms with van der Waals surface area (Å²) >= 11 is 0. The largest absolute Gasteiger partial charge is 0.493 e. The van der Waals surface area contributed by atoms with Crippen LogP contribution >= 0.6 is 0 Å². The van der Waals surface area contributed by atoms with E-state index in [-0.39, 0.29) is 5.41 Å². The van der Waals surface area contributed by atoms with Crippen molar-refractivity contribution in [1.82, 2.24) is 9.80 Å². The van der Waals surface area contributed by atoms with Gasteiger partial charge in [0.1, 0.15) is 0 Å². The average Bonchev–Trinajstić information content (AvgIpc) is 2.76. The van der Waals surface area contributed by atoms with Gasteiger partial charge in [0.25, 0.3) is 0 Å². The fourth-order valence-corrected chi connectivity index (χ4v) is 5.10. The molecule has 0 bridgehead atoms. The molecule has 1 saturated heterocycles. The van der Waals surface area contributed by atoms with Crippen molar-refractivity contribution in [2.24, 2.45) is 5.92 Å². The van der Waals surface area contributed by atoms with Crippen LogP contribution in [0.5, 0.6) is 11.5 Å². The molecule has 3 rings (SSSR count). The average molecular weight is 411 g/mol. The van der Waals surface area contributed by atoms with Crippen LogP contribution in [-0.2, 0) is 12.0 Å². The molecule has 0 N–H and O–H groups in total. The minimum absolute atomic E-state index is 0.221. The predicted octanol–water partition coefficient (Wildman–Crippen LogP) is 4.82. The summed E-state index contributed by atoms with van der Waals surface area (Å²) in [6, 6.07) is 18.0. The Balaban J connectivity index is 1.75. The van der Waals surface area contributed by atoms with E-state index in [1.54, 1.807) is 14.2 Å². The Morgan fingerprint density at radius 1 is 1.03 bits per heavy atom. The molecule has 3 atom stereocenters. The van der Waals surface area contributed by atoms with Crippen LogP contribution in [0, 0.1) is 5.92 Å². The minimum atomic E-state index is 0.221. The van der Waals surface area contributed by atoms with E-state index >= 15 is 0 Å². The molecule has 1 aliphatic rings. The number of ether oxygens (including phenoxy) is 2. The molecule has 0 radical (unpaired) electrons. The van der Waals surface area contributed by atoms with Crippen molar-refractivity contribution in [3.8, 4) is 11.5 Å². The summed E-state index contributed by atoms with van der Waals surface area (Å²) in [7, 11) is 7.85. The van der Waals surface area contributed by atoms with Crippen LogP contribution in [0.2, 0.25) is 0 Å². The Kier molecular flexibility index (Phi) is 7.43. The number of methoxy groups -OCH3 is 2. The van der Waals surface area contributed by atoms with Gasteiger partial charge in [-0.25, -0.2) is 0 Å². The highest BCUT2D eigenvalue weighted by Crippen LogP contribution is 2.44. The fraction of sp³-hybridized carbons (Fsp3) is 0.538. The van der Waals surface area contributed by atoms with Crippen molar-refractivity contribution < 1.29 is 9.47 Å². The summed E-state index contributed by atoms with van der Waals surface area (Å²) in [4.78, 5) is 4.95. The van der Waals surface area contributed by atoms with E-state index in [1.165, 1.54) is 24.0 Å². The molecule has 30 heavy (non-hydrogen) atoms. The molecule has 1 fully saturated rings. The van der Waals surface area contributed by atoms with Crippen LogP contribution in [-0.4, -0.2) is 57.2 Å². The van der Waals surface area contributed by atoms with Gasteiger partial charge in [-0.1, -0.05) is 43.3 Å². The molecule has 4 nitrogen and oxygen atoms in total. The van der Waals surface area contributed by atoms with E-state index in [4.69, 9.17) is 9.47 Å². The van der Waals surface area contributed by atoms with Gasteiger partial charge in [0.05, 0.1) is 14.2 Å². The summed E-state index contributed by atoms with van der Waals surface area (Å²) in [5, 5.41) is 0. The number of piperidine rings is 1. The SMILES string of the molecule is COc1ccc(CN(C)CC[C@@]2(c3ccccc3)C[C@@H](C)N(C)C[C@H]2C)cc1OC. The van der Waals surface area contributed by atoms with Gasteiger partial charge in [-0.15, -0.1) is 0 Å². The van der Waals surface area contributed by atoms with E-state index in [9.17, 15) is 0 Å². The Bertz CT molecular complexity index is 810. The first-order valence-electron chi connectivity index (χ1n) is 11.0. The highest BCUT2D eigenvalue weighted by Gasteiger charge is 2.43. The van der Waals surface area contributed by atoms with Gasteiger partial charge in [-0.3, -0.25) is 0 Å². The van der Waals surface area contributed by atoms with E-state index in [2.05, 4.69) is 80.2 Å². The summed E-state index contributed by atoms with van der Waals surface area (Å²) in [6.07, 6.45) is 2.37. The molecule has 0 aliphatic carbocycles. The minimum Gasteiger partial charge on any atom is -0.493 e. The third-order valence-electron chi connectivity index (χ3n) is 7.11. The molecular weight excluding hydrogens is 372 g/mol. The molecule has 0 unspecified atom stereocenters. The summed E-state index contributed by atoms with van der Waals surface area (Å²) in [5.41, 5.74) is 2.96. The molecule has 1 aliphatic heterocycles. The number of hydrogen-bond acceptors (Lipinski definition) is 4. The highest BCUT2D eigenvalue weighted by molar-refractivity contribution is 5.42. The molecule has 0 spiro atoms. The molecule has 2 aromatic rings. The number of benzene rings is 2. The standard InChI is InChI=1S/C26H38N2O2/c1-20-18-28(4)21(2)17-26(20,23-10-8-7-9-11-23)14-15-27(3)19-22-12-13-24(29-5)25(16-22)30-6/h7-13,16,20-21H,14-15,17-19H2,1-6H3/t20-,21-,26-/m1/s1. The maximum Gasteiger partial charge on any atom is 0.161 e. The second kappa shape index (κ2) is 9.84. The molecule has 1 heterocycles. The first kappa shape index (κ1) is 22.6. The van der Waals surface area contributed by atoms with Gasteiger partial charge in [-0.2, -0.15) is 0 Å². The quantitative estimate of drug-likeness (QED) is 0.623. The van der Waals surface area contributed by atoms with Crippen LogP contribution in [0.1, 0.15) is 37.8 Å². The second-order valence-electron chi connectivity index (χ2n) is 9.09. The number of rotatable bonds is 8. The van der Waals surface area contributed by atoms with Gasteiger partial charge in [-0.05, 0) is 69.6 Å². The van der Waals surface area contributed by atoms with Crippen molar-refractivity contribution in [1.29, 1.82) is 0 Å². The molecule has 164 valence electrons. The maximum absolute atomic E-state index is 5.48. The topological polar surface area (TPSA) is 24.9 Å². The summed E-state index contributed by atoms with van der Waals surface area (Å²) in [6.45, 7) is 7.91. The normalized spacial score (nSPS) is 24.8. The zero-order valence-electron chi connectivity index (χ0n) is 19.5. The summed E-state index contributed by atoms with van der Waals surface area (Å²) in [5.74, 6) is 2.19. The third kappa shape index (κ3) is 4.81. The second-order valence-corrected chi connectivity index (χ2v) is 9.09. The lowest BCUT2D eigenvalue weighted by molar-refractivity contribution is 0.0622. The van der Waals surface area contributed by atoms with Gasteiger partial charge < -0.3 is 19.3 Å². The fourth-order valence-electron chi connectivity index (χ4n) is 5.10.